The molecule has 2 aromatic heterocycles. The van der Waals surface area contributed by atoms with Crippen LogP contribution in [0.1, 0.15) is 11.8 Å². The summed E-state index contributed by atoms with van der Waals surface area (Å²) in [5.74, 6) is 0.193. The Labute approximate surface area is 123 Å². The van der Waals surface area contributed by atoms with E-state index in [0.717, 1.165) is 0 Å². The van der Waals surface area contributed by atoms with Crippen molar-refractivity contribution in [2.45, 2.75) is 22.6 Å². The largest absolute Gasteiger partial charge is 0.394 e. The second-order valence-corrected chi connectivity index (χ2v) is 5.86. The van der Waals surface area contributed by atoms with E-state index in [9.17, 15) is 10.2 Å². The van der Waals surface area contributed by atoms with Crippen molar-refractivity contribution in [2.75, 3.05) is 12.3 Å². The zero-order valence-electron chi connectivity index (χ0n) is 10.0. The molecule has 1 aliphatic heterocycles. The summed E-state index contributed by atoms with van der Waals surface area (Å²) in [7, 11) is 0. The summed E-state index contributed by atoms with van der Waals surface area (Å²) < 4.78 is 5.26. The van der Waals surface area contributed by atoms with E-state index in [0.29, 0.717) is 11.3 Å². The number of anilines is 1. The summed E-state index contributed by atoms with van der Waals surface area (Å²) in [6, 6.07) is 0. The van der Waals surface area contributed by atoms with Crippen LogP contribution in [0.4, 0.5) is 5.82 Å². The fourth-order valence-electron chi connectivity index (χ4n) is 2.18. The first kappa shape index (κ1) is 13.8. The van der Waals surface area contributed by atoms with Gasteiger partial charge in [0.2, 0.25) is 0 Å². The third-order valence-corrected chi connectivity index (χ3v) is 4.06. The number of alkyl halides is 2. The third-order valence-electron chi connectivity index (χ3n) is 3.21. The van der Waals surface area contributed by atoms with Gasteiger partial charge >= 0.3 is 0 Å². The van der Waals surface area contributed by atoms with E-state index < -0.39 is 29.3 Å². The Balaban J connectivity index is 2.10. The fraction of sp³-hybridized carbons (Fsp3) is 0.500. The quantitative estimate of drug-likeness (QED) is 0.648. The van der Waals surface area contributed by atoms with Gasteiger partial charge in [-0.1, -0.05) is 23.2 Å². The molecule has 0 spiro atoms. The minimum absolute atomic E-state index is 0.193. The van der Waals surface area contributed by atoms with Gasteiger partial charge in [0.05, 0.1) is 18.5 Å². The highest BCUT2D eigenvalue weighted by Crippen LogP contribution is 2.49. The Kier molecular flexibility index (Phi) is 3.22. The Morgan fingerprint density at radius 2 is 2.20 bits per heavy atom. The maximum atomic E-state index is 9.98. The first-order valence-electron chi connectivity index (χ1n) is 5.73. The predicted octanol–water partition coefficient (Wildman–Crippen LogP) is -0.327. The molecule has 0 aromatic carbocycles. The number of nitrogens with zero attached hydrogens (tertiary/aromatic N) is 4. The van der Waals surface area contributed by atoms with Gasteiger partial charge < -0.3 is 20.7 Å². The molecule has 108 valence electrons. The van der Waals surface area contributed by atoms with Gasteiger partial charge in [0.1, 0.15) is 24.6 Å². The standard InChI is InChI=1S/C10H11Cl2N5O3/c11-10(12)6(19)5(2-18)20-7(10)4-1-14-9-8(13)15-3-16-17(4)9/h1,3,5-7,18-19H,2H2,(H2,13,15,16)/t5-,6+,7+/m1/s1. The summed E-state index contributed by atoms with van der Waals surface area (Å²) in [4.78, 5) is 7.89. The molecule has 20 heavy (non-hydrogen) atoms. The molecule has 3 heterocycles. The van der Waals surface area contributed by atoms with Gasteiger partial charge in [0.25, 0.3) is 0 Å². The van der Waals surface area contributed by atoms with E-state index >= 15 is 0 Å². The van der Waals surface area contributed by atoms with Crippen LogP contribution in [0.5, 0.6) is 0 Å². The van der Waals surface area contributed by atoms with Crippen molar-refractivity contribution < 1.29 is 14.9 Å². The van der Waals surface area contributed by atoms with Crippen LogP contribution in [0.2, 0.25) is 0 Å². The lowest BCUT2D eigenvalue weighted by Gasteiger charge is -2.22. The average molecular weight is 320 g/mol. The maximum absolute atomic E-state index is 9.98. The summed E-state index contributed by atoms with van der Waals surface area (Å²) in [6.07, 6.45) is -0.351. The number of rotatable bonds is 2. The molecule has 10 heteroatoms. The molecule has 1 fully saturated rings. The van der Waals surface area contributed by atoms with E-state index in [-0.39, 0.29) is 5.82 Å². The number of aromatic nitrogens is 4. The van der Waals surface area contributed by atoms with Gasteiger partial charge in [-0.2, -0.15) is 5.10 Å². The first-order chi connectivity index (χ1) is 9.46. The lowest BCUT2D eigenvalue weighted by Crippen LogP contribution is -2.36. The molecule has 0 unspecified atom stereocenters. The van der Waals surface area contributed by atoms with Crippen LogP contribution < -0.4 is 5.73 Å². The Hall–Kier alpha value is -1.19. The van der Waals surface area contributed by atoms with Gasteiger partial charge in [-0.3, -0.25) is 0 Å². The molecule has 8 nitrogen and oxygen atoms in total. The van der Waals surface area contributed by atoms with E-state index in [1.807, 2.05) is 0 Å². The lowest BCUT2D eigenvalue weighted by molar-refractivity contribution is -0.0240. The minimum atomic E-state index is -1.64. The fourth-order valence-corrected chi connectivity index (χ4v) is 2.79. The number of ether oxygens (including phenoxy) is 1. The van der Waals surface area contributed by atoms with Crippen molar-refractivity contribution in [1.29, 1.82) is 0 Å². The molecule has 4 N–H and O–H groups in total. The van der Waals surface area contributed by atoms with Crippen LogP contribution in [0.3, 0.4) is 0 Å². The zero-order chi connectivity index (χ0) is 14.5. The normalized spacial score (nSPS) is 29.1. The molecule has 0 radical (unpaired) electrons. The van der Waals surface area contributed by atoms with E-state index in [1.54, 1.807) is 0 Å². The second kappa shape index (κ2) is 4.68. The van der Waals surface area contributed by atoms with E-state index in [1.165, 1.54) is 17.0 Å². The highest BCUT2D eigenvalue weighted by atomic mass is 35.5. The van der Waals surface area contributed by atoms with Crippen molar-refractivity contribution in [2.24, 2.45) is 0 Å². The van der Waals surface area contributed by atoms with E-state index in [4.69, 9.17) is 33.7 Å². The van der Waals surface area contributed by atoms with Crippen LogP contribution in [-0.4, -0.2) is 52.9 Å². The molecule has 3 rings (SSSR count). The van der Waals surface area contributed by atoms with Crippen LogP contribution >= 0.6 is 23.2 Å². The Bertz CT molecular complexity index is 649. The van der Waals surface area contributed by atoms with Gasteiger partial charge in [0.15, 0.2) is 15.8 Å². The number of nitrogens with two attached hydrogens (primary N) is 1. The monoisotopic (exact) mass is 319 g/mol. The highest BCUT2D eigenvalue weighted by Gasteiger charge is 2.55. The number of hydrogen-bond donors (Lipinski definition) is 3. The van der Waals surface area contributed by atoms with Crippen molar-refractivity contribution in [1.82, 2.24) is 19.6 Å². The van der Waals surface area contributed by atoms with Crippen LogP contribution in [-0.2, 0) is 4.74 Å². The molecule has 3 atom stereocenters. The lowest BCUT2D eigenvalue weighted by atomic mass is 10.1. The molecule has 2 aromatic rings. The number of aliphatic hydroxyl groups excluding tert-OH is 2. The predicted molar refractivity (Wildman–Crippen MR) is 70.3 cm³/mol. The van der Waals surface area contributed by atoms with Crippen molar-refractivity contribution >= 4 is 34.7 Å². The van der Waals surface area contributed by atoms with Crippen molar-refractivity contribution in [3.8, 4) is 0 Å². The van der Waals surface area contributed by atoms with Gasteiger partial charge in [-0.25, -0.2) is 14.5 Å². The number of halogens is 2. The highest BCUT2D eigenvalue weighted by molar-refractivity contribution is 6.49. The summed E-state index contributed by atoms with van der Waals surface area (Å²) in [5, 5.41) is 23.2. The SMILES string of the molecule is Nc1ncnn2c([C@@H]3O[C@H](CO)[C@H](O)C3(Cl)Cl)cnc12. The van der Waals surface area contributed by atoms with Crippen LogP contribution in [0, 0.1) is 0 Å². The van der Waals surface area contributed by atoms with Crippen LogP contribution in [0.15, 0.2) is 12.5 Å². The molecule has 1 aliphatic rings. The summed E-state index contributed by atoms with van der Waals surface area (Å²) in [5.41, 5.74) is 6.43. The summed E-state index contributed by atoms with van der Waals surface area (Å²) in [6.45, 7) is -0.410. The molecule has 0 amide bonds. The van der Waals surface area contributed by atoms with Gasteiger partial charge in [-0.15, -0.1) is 0 Å². The zero-order valence-corrected chi connectivity index (χ0v) is 11.5. The average Bonchev–Trinajstić information content (AvgIpc) is 2.92. The number of hydrogen-bond acceptors (Lipinski definition) is 7. The number of imidazole rings is 1. The van der Waals surface area contributed by atoms with E-state index in [2.05, 4.69) is 15.1 Å². The molecule has 0 bridgehead atoms. The molecular weight excluding hydrogens is 309 g/mol. The smallest absolute Gasteiger partial charge is 0.196 e. The topological polar surface area (TPSA) is 119 Å². The maximum Gasteiger partial charge on any atom is 0.196 e. The first-order valence-corrected chi connectivity index (χ1v) is 6.48. The van der Waals surface area contributed by atoms with Crippen molar-refractivity contribution in [3.05, 3.63) is 18.2 Å². The number of nitrogen functional groups attached to an aromatic ring is 1. The Morgan fingerprint density at radius 1 is 1.45 bits per heavy atom. The number of aliphatic hydroxyl groups is 2. The summed E-state index contributed by atoms with van der Waals surface area (Å²) >= 11 is 12.3. The minimum Gasteiger partial charge on any atom is -0.394 e. The van der Waals surface area contributed by atoms with Crippen LogP contribution in [0.25, 0.3) is 5.65 Å². The molecular formula is C10H11Cl2N5O3. The third kappa shape index (κ3) is 1.84. The van der Waals surface area contributed by atoms with Gasteiger partial charge in [-0.05, 0) is 0 Å². The van der Waals surface area contributed by atoms with Crippen molar-refractivity contribution in [3.63, 3.8) is 0 Å². The molecule has 0 aliphatic carbocycles. The number of fused-ring (bicyclic) bond motifs is 1. The molecule has 1 saturated heterocycles. The van der Waals surface area contributed by atoms with Gasteiger partial charge in [0, 0.05) is 0 Å². The molecule has 0 saturated carbocycles. The second-order valence-electron chi connectivity index (χ2n) is 4.42. The Morgan fingerprint density at radius 3 is 2.85 bits per heavy atom.